The highest BCUT2D eigenvalue weighted by atomic mass is 28.4. The molecule has 0 atom stereocenters. The summed E-state index contributed by atoms with van der Waals surface area (Å²) in [5, 5.41) is 0. The highest BCUT2D eigenvalue weighted by Gasteiger charge is 2.19. The summed E-state index contributed by atoms with van der Waals surface area (Å²) >= 11 is 0. The maximum atomic E-state index is 6.07. The normalized spacial score (nSPS) is 12.5. The lowest BCUT2D eigenvalue weighted by Crippen LogP contribution is -2.28. The summed E-state index contributed by atoms with van der Waals surface area (Å²) in [4.78, 5) is 0. The molecule has 0 aromatic heterocycles. The first-order chi connectivity index (χ1) is 7.01. The third kappa shape index (κ3) is 9.18. The Morgan fingerprint density at radius 3 is 1.69 bits per heavy atom. The van der Waals surface area contributed by atoms with Crippen LogP contribution in [0.5, 0.6) is 0 Å². The van der Waals surface area contributed by atoms with Gasteiger partial charge >= 0.3 is 0 Å². The van der Waals surface area contributed by atoms with Crippen molar-refractivity contribution in [2.75, 3.05) is 6.61 Å². The number of hydrogen-bond acceptors (Lipinski definition) is 2. The van der Waals surface area contributed by atoms with Gasteiger partial charge < -0.3 is 8.85 Å². The smallest absolute Gasteiger partial charge is 0.241 e. The van der Waals surface area contributed by atoms with Crippen LogP contribution in [-0.2, 0) is 8.85 Å². The molecule has 0 spiro atoms. The molecule has 4 heteroatoms. The monoisotopic (exact) mass is 260 g/mol. The number of hydrogen-bond donors (Lipinski definition) is 0. The SMILES string of the molecule is CC(C)=C(CCO[Si](C)(C)C)O[Si](C)(C)C. The van der Waals surface area contributed by atoms with E-state index >= 15 is 0 Å². The van der Waals surface area contributed by atoms with Crippen LogP contribution in [-0.4, -0.2) is 23.2 Å². The maximum Gasteiger partial charge on any atom is 0.241 e. The fourth-order valence-electron chi connectivity index (χ4n) is 1.22. The molecule has 0 aliphatic heterocycles. The van der Waals surface area contributed by atoms with Gasteiger partial charge in [0, 0.05) is 13.0 Å². The Bertz CT molecular complexity index is 243. The van der Waals surface area contributed by atoms with Gasteiger partial charge in [-0.25, -0.2) is 0 Å². The maximum absolute atomic E-state index is 6.07. The molecule has 0 aliphatic rings. The van der Waals surface area contributed by atoms with Gasteiger partial charge in [-0.05, 0) is 58.7 Å². The van der Waals surface area contributed by atoms with E-state index in [9.17, 15) is 0 Å². The third-order valence-electron chi connectivity index (χ3n) is 1.85. The Labute approximate surface area is 103 Å². The van der Waals surface area contributed by atoms with Gasteiger partial charge in [0.15, 0.2) is 8.32 Å². The first-order valence-electron chi connectivity index (χ1n) is 6.00. The minimum atomic E-state index is -1.48. The lowest BCUT2D eigenvalue weighted by Gasteiger charge is -2.24. The van der Waals surface area contributed by atoms with Gasteiger partial charge in [0.1, 0.15) is 0 Å². The van der Waals surface area contributed by atoms with E-state index in [2.05, 4.69) is 53.1 Å². The minimum Gasteiger partial charge on any atom is -0.547 e. The highest BCUT2D eigenvalue weighted by Crippen LogP contribution is 2.18. The summed E-state index contributed by atoms with van der Waals surface area (Å²) in [6, 6.07) is 0. The van der Waals surface area contributed by atoms with Crippen molar-refractivity contribution >= 4 is 16.6 Å². The molecule has 0 saturated carbocycles. The average Bonchev–Trinajstić information content (AvgIpc) is 1.97. The van der Waals surface area contributed by atoms with E-state index < -0.39 is 16.6 Å². The first kappa shape index (κ1) is 15.9. The second-order valence-electron chi connectivity index (χ2n) is 6.35. The molecule has 0 aromatic carbocycles. The summed E-state index contributed by atoms with van der Waals surface area (Å²) in [5.41, 5.74) is 1.28. The molecular formula is C12H28O2Si2. The zero-order chi connectivity index (χ0) is 13.0. The van der Waals surface area contributed by atoms with Crippen LogP contribution in [0.25, 0.3) is 0 Å². The van der Waals surface area contributed by atoms with Gasteiger partial charge in [0.05, 0.1) is 5.76 Å². The summed E-state index contributed by atoms with van der Waals surface area (Å²) < 4.78 is 11.9. The Morgan fingerprint density at radius 1 is 0.875 bits per heavy atom. The zero-order valence-corrected chi connectivity index (χ0v) is 14.2. The van der Waals surface area contributed by atoms with E-state index in [1.807, 2.05) is 0 Å². The predicted molar refractivity (Wildman–Crippen MR) is 76.7 cm³/mol. The zero-order valence-electron chi connectivity index (χ0n) is 12.2. The lowest BCUT2D eigenvalue weighted by atomic mass is 10.2. The first-order valence-corrected chi connectivity index (χ1v) is 12.8. The van der Waals surface area contributed by atoms with Gasteiger partial charge in [-0.15, -0.1) is 0 Å². The highest BCUT2D eigenvalue weighted by molar-refractivity contribution is 6.70. The van der Waals surface area contributed by atoms with Crippen molar-refractivity contribution < 1.29 is 8.85 Å². The molecule has 16 heavy (non-hydrogen) atoms. The standard InChI is InChI=1S/C12H28O2Si2/c1-11(2)12(14-16(6,7)8)9-10-13-15(3,4)5/h9-10H2,1-8H3. The summed E-state index contributed by atoms with van der Waals surface area (Å²) in [6.45, 7) is 18.3. The van der Waals surface area contributed by atoms with Crippen molar-refractivity contribution in [1.82, 2.24) is 0 Å². The fourth-order valence-corrected chi connectivity index (χ4v) is 2.98. The Kier molecular flexibility index (Phi) is 6.00. The predicted octanol–water partition coefficient (Wildman–Crippen LogP) is 4.37. The van der Waals surface area contributed by atoms with Crippen LogP contribution < -0.4 is 0 Å². The molecule has 0 N–H and O–H groups in total. The minimum absolute atomic E-state index is 0.792. The van der Waals surface area contributed by atoms with Gasteiger partial charge in [-0.2, -0.15) is 0 Å². The van der Waals surface area contributed by atoms with Crippen LogP contribution in [0, 0.1) is 0 Å². The second kappa shape index (κ2) is 6.03. The van der Waals surface area contributed by atoms with E-state index in [4.69, 9.17) is 8.85 Å². The molecule has 0 saturated heterocycles. The molecule has 0 amide bonds. The molecule has 2 nitrogen and oxygen atoms in total. The van der Waals surface area contributed by atoms with E-state index in [-0.39, 0.29) is 0 Å². The average molecular weight is 261 g/mol. The largest absolute Gasteiger partial charge is 0.547 e. The van der Waals surface area contributed by atoms with Crippen molar-refractivity contribution in [3.63, 3.8) is 0 Å². The molecule has 0 aliphatic carbocycles. The van der Waals surface area contributed by atoms with Crippen molar-refractivity contribution in [3.8, 4) is 0 Å². The number of rotatable bonds is 6. The molecule has 96 valence electrons. The van der Waals surface area contributed by atoms with Crippen LogP contribution in [0.15, 0.2) is 11.3 Å². The van der Waals surface area contributed by atoms with Crippen LogP contribution in [0.1, 0.15) is 20.3 Å². The van der Waals surface area contributed by atoms with Crippen LogP contribution in [0.4, 0.5) is 0 Å². The van der Waals surface area contributed by atoms with E-state index in [1.165, 1.54) is 5.57 Å². The number of allylic oxidation sites excluding steroid dienone is 1. The van der Waals surface area contributed by atoms with Gasteiger partial charge in [-0.3, -0.25) is 0 Å². The van der Waals surface area contributed by atoms with Gasteiger partial charge in [0.25, 0.3) is 0 Å². The molecule has 0 rings (SSSR count). The van der Waals surface area contributed by atoms with E-state index in [0.29, 0.717) is 0 Å². The Hall–Kier alpha value is -0.0662. The van der Waals surface area contributed by atoms with E-state index in [1.54, 1.807) is 0 Å². The molecular weight excluding hydrogens is 232 g/mol. The van der Waals surface area contributed by atoms with Crippen molar-refractivity contribution in [1.29, 1.82) is 0 Å². The topological polar surface area (TPSA) is 18.5 Å². The van der Waals surface area contributed by atoms with Crippen LogP contribution in [0.2, 0.25) is 39.3 Å². The molecule has 0 bridgehead atoms. The summed E-state index contributed by atoms with van der Waals surface area (Å²) in [5.74, 6) is 1.14. The summed E-state index contributed by atoms with van der Waals surface area (Å²) in [7, 11) is -2.87. The van der Waals surface area contributed by atoms with Crippen LogP contribution in [0.3, 0.4) is 0 Å². The quantitative estimate of drug-likeness (QED) is 0.521. The molecule has 0 heterocycles. The molecule has 0 unspecified atom stereocenters. The van der Waals surface area contributed by atoms with Crippen molar-refractivity contribution in [3.05, 3.63) is 11.3 Å². The molecule has 0 radical (unpaired) electrons. The Balaban J connectivity index is 4.25. The van der Waals surface area contributed by atoms with Gasteiger partial charge in [-0.1, -0.05) is 0 Å². The van der Waals surface area contributed by atoms with Crippen molar-refractivity contribution in [2.24, 2.45) is 0 Å². The molecule has 0 fully saturated rings. The second-order valence-corrected chi connectivity index (χ2v) is 15.3. The third-order valence-corrected chi connectivity index (χ3v) is 3.78. The van der Waals surface area contributed by atoms with Crippen LogP contribution >= 0.6 is 0 Å². The van der Waals surface area contributed by atoms with Gasteiger partial charge in [0.2, 0.25) is 8.32 Å². The van der Waals surface area contributed by atoms with E-state index in [0.717, 1.165) is 18.8 Å². The lowest BCUT2D eigenvalue weighted by molar-refractivity contribution is 0.284. The summed E-state index contributed by atoms with van der Waals surface area (Å²) in [6.07, 6.45) is 0.914. The fraction of sp³-hybridized carbons (Fsp3) is 0.833. The Morgan fingerprint density at radius 2 is 1.38 bits per heavy atom. The molecule has 0 aromatic rings. The van der Waals surface area contributed by atoms with Crippen molar-refractivity contribution in [2.45, 2.75) is 59.6 Å².